The molecule has 0 aliphatic carbocycles. The van der Waals surface area contributed by atoms with Crippen molar-refractivity contribution in [1.29, 1.82) is 0 Å². The van der Waals surface area contributed by atoms with Gasteiger partial charge in [0.1, 0.15) is 12.1 Å². The summed E-state index contributed by atoms with van der Waals surface area (Å²) >= 11 is 0. The standard InChI is InChI=1S/C19H18N4O4/c1-3-26-17-9-7-14(8-10-17)18(24)13(2)27-19(25)15-5-4-6-16(11-15)23-12-20-21-22-23/h4-13H,3H2,1-2H3/t13-/m1/s1. The van der Waals surface area contributed by atoms with Crippen molar-refractivity contribution in [2.75, 3.05) is 6.61 Å². The summed E-state index contributed by atoms with van der Waals surface area (Å²) in [5, 5.41) is 10.9. The van der Waals surface area contributed by atoms with E-state index in [1.54, 1.807) is 55.5 Å². The Hall–Kier alpha value is -3.55. The molecule has 0 aliphatic heterocycles. The second-order valence-electron chi connectivity index (χ2n) is 5.67. The van der Waals surface area contributed by atoms with E-state index in [9.17, 15) is 9.59 Å². The van der Waals surface area contributed by atoms with Crippen LogP contribution in [-0.4, -0.2) is 44.7 Å². The first-order valence-corrected chi connectivity index (χ1v) is 8.40. The molecule has 0 unspecified atom stereocenters. The van der Waals surface area contributed by atoms with E-state index >= 15 is 0 Å². The third kappa shape index (κ3) is 4.35. The highest BCUT2D eigenvalue weighted by atomic mass is 16.5. The van der Waals surface area contributed by atoms with Gasteiger partial charge in [-0.3, -0.25) is 4.79 Å². The Morgan fingerprint density at radius 3 is 2.56 bits per heavy atom. The summed E-state index contributed by atoms with van der Waals surface area (Å²) in [6.07, 6.45) is 0.495. The molecule has 138 valence electrons. The SMILES string of the molecule is CCOc1ccc(C(=O)[C@@H](C)OC(=O)c2cccc(-n3cnnn3)c2)cc1. The minimum Gasteiger partial charge on any atom is -0.494 e. The first-order chi connectivity index (χ1) is 13.1. The van der Waals surface area contributed by atoms with Gasteiger partial charge in [-0.25, -0.2) is 9.48 Å². The summed E-state index contributed by atoms with van der Waals surface area (Å²) in [5.41, 5.74) is 1.36. The molecule has 3 rings (SSSR count). The summed E-state index contributed by atoms with van der Waals surface area (Å²) in [5.74, 6) is -0.210. The van der Waals surface area contributed by atoms with E-state index in [0.29, 0.717) is 29.2 Å². The average molecular weight is 366 g/mol. The van der Waals surface area contributed by atoms with Crippen molar-refractivity contribution in [1.82, 2.24) is 20.2 Å². The lowest BCUT2D eigenvalue weighted by atomic mass is 10.1. The molecule has 1 aromatic heterocycles. The van der Waals surface area contributed by atoms with Crippen molar-refractivity contribution in [3.05, 3.63) is 66.0 Å². The van der Waals surface area contributed by atoms with Crippen LogP contribution in [-0.2, 0) is 4.74 Å². The third-order valence-corrected chi connectivity index (χ3v) is 3.80. The summed E-state index contributed by atoms with van der Waals surface area (Å²) in [7, 11) is 0. The number of Topliss-reactive ketones (excluding diaryl/α,β-unsaturated/α-hetero) is 1. The largest absolute Gasteiger partial charge is 0.494 e. The molecule has 1 heterocycles. The van der Waals surface area contributed by atoms with Gasteiger partial charge in [0, 0.05) is 5.56 Å². The number of benzene rings is 2. The molecule has 8 nitrogen and oxygen atoms in total. The molecule has 27 heavy (non-hydrogen) atoms. The Morgan fingerprint density at radius 2 is 1.89 bits per heavy atom. The minimum atomic E-state index is -0.924. The summed E-state index contributed by atoms with van der Waals surface area (Å²) in [6, 6.07) is 13.3. The Labute approximate surface area is 155 Å². The molecule has 0 amide bonds. The van der Waals surface area contributed by atoms with Gasteiger partial charge < -0.3 is 9.47 Å². The molecule has 0 bridgehead atoms. The summed E-state index contributed by atoms with van der Waals surface area (Å²) < 4.78 is 12.1. The number of tetrazole rings is 1. The monoisotopic (exact) mass is 366 g/mol. The van der Waals surface area contributed by atoms with Crippen molar-refractivity contribution >= 4 is 11.8 Å². The summed E-state index contributed by atoms with van der Waals surface area (Å²) in [6.45, 7) is 3.97. The van der Waals surface area contributed by atoms with Gasteiger partial charge in [-0.1, -0.05) is 6.07 Å². The zero-order valence-electron chi connectivity index (χ0n) is 14.9. The third-order valence-electron chi connectivity index (χ3n) is 3.80. The van der Waals surface area contributed by atoms with E-state index in [0.717, 1.165) is 0 Å². The van der Waals surface area contributed by atoms with Crippen LogP contribution < -0.4 is 4.74 Å². The van der Waals surface area contributed by atoms with Crippen LogP contribution in [0.5, 0.6) is 5.75 Å². The molecule has 0 radical (unpaired) electrons. The fourth-order valence-corrected chi connectivity index (χ4v) is 2.45. The molecule has 2 aromatic carbocycles. The maximum Gasteiger partial charge on any atom is 0.338 e. The van der Waals surface area contributed by atoms with Crippen LogP contribution in [0.1, 0.15) is 34.6 Å². The van der Waals surface area contributed by atoms with Crippen LogP contribution in [0.15, 0.2) is 54.9 Å². The van der Waals surface area contributed by atoms with Gasteiger partial charge >= 0.3 is 5.97 Å². The molecule has 1 atom stereocenters. The molecule has 0 N–H and O–H groups in total. The first-order valence-electron chi connectivity index (χ1n) is 8.40. The number of hydrogen-bond acceptors (Lipinski definition) is 7. The number of esters is 1. The fourth-order valence-electron chi connectivity index (χ4n) is 2.45. The molecule has 0 saturated heterocycles. The van der Waals surface area contributed by atoms with Gasteiger partial charge in [0.05, 0.1) is 17.9 Å². The Bertz CT molecular complexity index is 923. The molecule has 0 spiro atoms. The number of rotatable bonds is 7. The first kappa shape index (κ1) is 18.2. The number of ketones is 1. The van der Waals surface area contributed by atoms with Crippen LogP contribution in [0.2, 0.25) is 0 Å². The Balaban J connectivity index is 1.68. The van der Waals surface area contributed by atoms with Crippen molar-refractivity contribution in [3.8, 4) is 11.4 Å². The molecular weight excluding hydrogens is 348 g/mol. The number of carbonyl (C=O) groups excluding carboxylic acids is 2. The van der Waals surface area contributed by atoms with Gasteiger partial charge in [-0.05, 0) is 66.7 Å². The van der Waals surface area contributed by atoms with Crippen LogP contribution in [0.4, 0.5) is 0 Å². The van der Waals surface area contributed by atoms with Crippen molar-refractivity contribution in [2.45, 2.75) is 20.0 Å². The second-order valence-corrected chi connectivity index (χ2v) is 5.67. The molecule has 0 aliphatic rings. The number of nitrogens with zero attached hydrogens (tertiary/aromatic N) is 4. The lowest BCUT2D eigenvalue weighted by Gasteiger charge is -2.13. The van der Waals surface area contributed by atoms with Crippen LogP contribution in [0.3, 0.4) is 0 Å². The number of carbonyl (C=O) groups is 2. The van der Waals surface area contributed by atoms with Gasteiger partial charge in [0.15, 0.2) is 6.10 Å². The van der Waals surface area contributed by atoms with Gasteiger partial charge in [0.25, 0.3) is 0 Å². The lowest BCUT2D eigenvalue weighted by molar-refractivity contribution is 0.0319. The van der Waals surface area contributed by atoms with Gasteiger partial charge in [-0.2, -0.15) is 0 Å². The smallest absolute Gasteiger partial charge is 0.338 e. The van der Waals surface area contributed by atoms with Crippen LogP contribution in [0, 0.1) is 0 Å². The molecule has 8 heteroatoms. The highest BCUT2D eigenvalue weighted by Crippen LogP contribution is 2.16. The number of aromatic nitrogens is 4. The van der Waals surface area contributed by atoms with Crippen molar-refractivity contribution in [3.63, 3.8) is 0 Å². The van der Waals surface area contributed by atoms with E-state index in [1.165, 1.54) is 11.0 Å². The zero-order chi connectivity index (χ0) is 19.2. The second kappa shape index (κ2) is 8.22. The number of hydrogen-bond donors (Lipinski definition) is 0. The van der Waals surface area contributed by atoms with E-state index in [-0.39, 0.29) is 5.78 Å². The van der Waals surface area contributed by atoms with E-state index < -0.39 is 12.1 Å². The topological polar surface area (TPSA) is 96.2 Å². The maximum absolute atomic E-state index is 12.5. The summed E-state index contributed by atoms with van der Waals surface area (Å²) in [4.78, 5) is 24.9. The van der Waals surface area contributed by atoms with Gasteiger partial charge in [0.2, 0.25) is 5.78 Å². The normalized spacial score (nSPS) is 11.6. The highest BCUT2D eigenvalue weighted by Gasteiger charge is 2.21. The van der Waals surface area contributed by atoms with E-state index in [4.69, 9.17) is 9.47 Å². The maximum atomic E-state index is 12.5. The predicted molar refractivity (Wildman–Crippen MR) is 96.0 cm³/mol. The fraction of sp³-hybridized carbons (Fsp3) is 0.211. The average Bonchev–Trinajstić information content (AvgIpc) is 3.23. The molecule has 3 aromatic rings. The van der Waals surface area contributed by atoms with E-state index in [1.807, 2.05) is 6.92 Å². The predicted octanol–water partition coefficient (Wildman–Crippen LogP) is 2.49. The van der Waals surface area contributed by atoms with Gasteiger partial charge in [-0.15, -0.1) is 5.10 Å². The van der Waals surface area contributed by atoms with E-state index in [2.05, 4.69) is 15.5 Å². The molecular formula is C19H18N4O4. The molecule has 0 fully saturated rings. The Morgan fingerprint density at radius 1 is 1.11 bits per heavy atom. The quantitative estimate of drug-likeness (QED) is 0.468. The zero-order valence-corrected chi connectivity index (χ0v) is 14.9. The Kier molecular flexibility index (Phi) is 5.55. The molecule has 0 saturated carbocycles. The van der Waals surface area contributed by atoms with Crippen LogP contribution in [0.25, 0.3) is 5.69 Å². The number of ether oxygens (including phenoxy) is 2. The van der Waals surface area contributed by atoms with Crippen LogP contribution >= 0.6 is 0 Å². The van der Waals surface area contributed by atoms with Crippen molar-refractivity contribution < 1.29 is 19.1 Å². The van der Waals surface area contributed by atoms with Crippen molar-refractivity contribution in [2.24, 2.45) is 0 Å². The highest BCUT2D eigenvalue weighted by molar-refractivity contribution is 6.01. The lowest BCUT2D eigenvalue weighted by Crippen LogP contribution is -2.24. The minimum absolute atomic E-state index is 0.289.